The zero-order valence-corrected chi connectivity index (χ0v) is 25.5. The van der Waals surface area contributed by atoms with Gasteiger partial charge in [-0.25, -0.2) is 5.90 Å². The fourth-order valence-corrected chi connectivity index (χ4v) is 4.07. The monoisotopic (exact) mass is 583 g/mol. The topological polar surface area (TPSA) is 186 Å². The molecule has 0 bridgehead atoms. The van der Waals surface area contributed by atoms with Crippen molar-refractivity contribution in [3.05, 3.63) is 0 Å². The maximum Gasteiger partial charge on any atom is 0.248 e. The molecule has 12 heteroatoms. The SMILES string of the molecule is CCC(=O)CCC(C)C(=O)NCCCCC(NC(=O)C(CC)CCC(=O)CC)C(=O)NCCCCNC(=O)CON. The number of amides is 4. The van der Waals surface area contributed by atoms with Crippen LogP contribution in [0.15, 0.2) is 0 Å². The van der Waals surface area contributed by atoms with Crippen molar-refractivity contribution in [1.82, 2.24) is 21.3 Å². The average molecular weight is 584 g/mol. The number of carbonyl (C=O) groups is 6. The molecule has 0 radical (unpaired) electrons. The van der Waals surface area contributed by atoms with E-state index in [1.54, 1.807) is 13.8 Å². The standard InChI is InChI=1S/C29H53N5O7/c1-5-22(14-16-24(36)7-3)28(39)34-25(29(40)33-19-11-10-17-31-26(37)20-41-30)12-8-9-18-32-27(38)21(4)13-15-23(35)6-2/h21-22,25H,5-20,30H2,1-4H3,(H,31,37)(H,32,38)(H,33,40)(H,34,39). The third-order valence-corrected chi connectivity index (χ3v) is 7.02. The molecule has 0 heterocycles. The van der Waals surface area contributed by atoms with Crippen LogP contribution >= 0.6 is 0 Å². The molecule has 0 rings (SSSR count). The highest BCUT2D eigenvalue weighted by Gasteiger charge is 2.25. The quantitative estimate of drug-likeness (QED) is 0.0796. The van der Waals surface area contributed by atoms with Crippen LogP contribution in [0.4, 0.5) is 0 Å². The molecule has 0 fully saturated rings. The number of rotatable bonds is 25. The minimum absolute atomic E-state index is 0.101. The van der Waals surface area contributed by atoms with E-state index in [4.69, 9.17) is 5.90 Å². The first kappa shape index (κ1) is 38.1. The highest BCUT2D eigenvalue weighted by Crippen LogP contribution is 2.14. The number of carbonyl (C=O) groups excluding carboxylic acids is 6. The molecule has 0 aliphatic heterocycles. The summed E-state index contributed by atoms with van der Waals surface area (Å²) < 4.78 is 0. The van der Waals surface area contributed by atoms with Crippen LogP contribution in [0.25, 0.3) is 0 Å². The van der Waals surface area contributed by atoms with E-state index in [1.165, 1.54) is 0 Å². The molecule has 0 aromatic rings. The number of ketones is 2. The summed E-state index contributed by atoms with van der Waals surface area (Å²) in [6, 6.07) is -0.741. The van der Waals surface area contributed by atoms with Gasteiger partial charge in [0.25, 0.3) is 0 Å². The molecule has 0 spiro atoms. The second-order valence-corrected chi connectivity index (χ2v) is 10.4. The second-order valence-electron chi connectivity index (χ2n) is 10.4. The third kappa shape index (κ3) is 19.0. The van der Waals surface area contributed by atoms with Crippen LogP contribution in [0.2, 0.25) is 0 Å². The lowest BCUT2D eigenvalue weighted by Gasteiger charge is -2.22. The van der Waals surface area contributed by atoms with Gasteiger partial charge in [-0.05, 0) is 51.4 Å². The third-order valence-electron chi connectivity index (χ3n) is 7.02. The van der Waals surface area contributed by atoms with Gasteiger partial charge in [0.2, 0.25) is 23.6 Å². The molecule has 3 unspecified atom stereocenters. The molecular formula is C29H53N5O7. The minimum atomic E-state index is -0.741. The second kappa shape index (κ2) is 23.8. The summed E-state index contributed by atoms with van der Waals surface area (Å²) in [6.45, 7) is 8.31. The van der Waals surface area contributed by atoms with E-state index in [1.807, 2.05) is 13.8 Å². The van der Waals surface area contributed by atoms with E-state index < -0.39 is 6.04 Å². The van der Waals surface area contributed by atoms with Crippen molar-refractivity contribution in [1.29, 1.82) is 0 Å². The maximum atomic E-state index is 13.0. The Hall–Kier alpha value is -2.86. The predicted molar refractivity (Wildman–Crippen MR) is 156 cm³/mol. The van der Waals surface area contributed by atoms with Crippen molar-refractivity contribution in [3.63, 3.8) is 0 Å². The van der Waals surface area contributed by atoms with Crippen LogP contribution in [0, 0.1) is 11.8 Å². The number of hydrogen-bond donors (Lipinski definition) is 5. The van der Waals surface area contributed by atoms with Gasteiger partial charge in [0.1, 0.15) is 24.2 Å². The van der Waals surface area contributed by atoms with Gasteiger partial charge in [0.15, 0.2) is 0 Å². The van der Waals surface area contributed by atoms with Gasteiger partial charge in [-0.3, -0.25) is 33.6 Å². The lowest BCUT2D eigenvalue weighted by Crippen LogP contribution is -2.48. The van der Waals surface area contributed by atoms with Crippen LogP contribution in [0.3, 0.4) is 0 Å². The number of unbranched alkanes of at least 4 members (excludes halogenated alkanes) is 2. The molecule has 0 aromatic carbocycles. The van der Waals surface area contributed by atoms with Gasteiger partial charge < -0.3 is 21.3 Å². The van der Waals surface area contributed by atoms with Crippen molar-refractivity contribution in [2.24, 2.45) is 17.7 Å². The molecule has 0 aliphatic carbocycles. The molecule has 0 aliphatic rings. The summed E-state index contributed by atoms with van der Waals surface area (Å²) in [5.74, 6) is 3.53. The smallest absolute Gasteiger partial charge is 0.248 e. The first-order chi connectivity index (χ1) is 19.6. The summed E-state index contributed by atoms with van der Waals surface area (Å²) in [4.78, 5) is 77.1. The van der Waals surface area contributed by atoms with E-state index in [2.05, 4.69) is 26.1 Å². The molecule has 41 heavy (non-hydrogen) atoms. The summed E-state index contributed by atoms with van der Waals surface area (Å²) in [5.41, 5.74) is 0. The van der Waals surface area contributed by atoms with Crippen LogP contribution < -0.4 is 27.2 Å². The number of Topliss-reactive ketones (excluding diaryl/α,β-unsaturated/α-hetero) is 2. The molecule has 0 saturated carbocycles. The van der Waals surface area contributed by atoms with Crippen LogP contribution in [0.1, 0.15) is 105 Å². The van der Waals surface area contributed by atoms with Crippen LogP contribution in [-0.4, -0.2) is 67.5 Å². The van der Waals surface area contributed by atoms with Gasteiger partial charge in [0.05, 0.1) is 0 Å². The average Bonchev–Trinajstić information content (AvgIpc) is 2.96. The first-order valence-corrected chi connectivity index (χ1v) is 15.1. The van der Waals surface area contributed by atoms with E-state index in [0.717, 1.165) is 0 Å². The molecule has 0 aromatic heterocycles. The van der Waals surface area contributed by atoms with Crippen LogP contribution in [0.5, 0.6) is 0 Å². The molecule has 6 N–H and O–H groups in total. The zero-order valence-electron chi connectivity index (χ0n) is 25.5. The van der Waals surface area contributed by atoms with Gasteiger partial charge >= 0.3 is 0 Å². The van der Waals surface area contributed by atoms with Crippen molar-refractivity contribution in [3.8, 4) is 0 Å². The molecule has 0 saturated heterocycles. The Morgan fingerprint density at radius 3 is 1.78 bits per heavy atom. The Bertz CT molecular complexity index is 821. The van der Waals surface area contributed by atoms with Crippen molar-refractivity contribution in [2.75, 3.05) is 26.2 Å². The molecular weight excluding hydrogens is 530 g/mol. The first-order valence-electron chi connectivity index (χ1n) is 15.1. The van der Waals surface area contributed by atoms with E-state index >= 15 is 0 Å². The van der Waals surface area contributed by atoms with E-state index in [-0.39, 0.29) is 53.6 Å². The Morgan fingerprint density at radius 2 is 1.22 bits per heavy atom. The summed E-state index contributed by atoms with van der Waals surface area (Å²) in [7, 11) is 0. The van der Waals surface area contributed by atoms with Gasteiger partial charge in [-0.1, -0.05) is 27.7 Å². The Labute approximate surface area is 245 Å². The maximum absolute atomic E-state index is 13.0. The zero-order chi connectivity index (χ0) is 31.0. The van der Waals surface area contributed by atoms with Crippen molar-refractivity contribution in [2.45, 2.75) is 111 Å². The van der Waals surface area contributed by atoms with Gasteiger partial charge in [0, 0.05) is 57.2 Å². The molecule has 3 atom stereocenters. The molecule has 4 amide bonds. The highest BCUT2D eigenvalue weighted by atomic mass is 16.6. The summed E-state index contributed by atoms with van der Waals surface area (Å²) >= 11 is 0. The largest absolute Gasteiger partial charge is 0.356 e. The van der Waals surface area contributed by atoms with Crippen molar-refractivity contribution < 1.29 is 33.6 Å². The van der Waals surface area contributed by atoms with Gasteiger partial charge in [-0.2, -0.15) is 0 Å². The number of nitrogens with one attached hydrogen (secondary N) is 4. The summed E-state index contributed by atoms with van der Waals surface area (Å²) in [5, 5.41) is 11.3. The Balaban J connectivity index is 4.82. The lowest BCUT2D eigenvalue weighted by atomic mass is 9.96. The van der Waals surface area contributed by atoms with Crippen molar-refractivity contribution >= 4 is 35.2 Å². The fourth-order valence-electron chi connectivity index (χ4n) is 4.07. The number of nitrogens with two attached hydrogens (primary N) is 1. The fraction of sp³-hybridized carbons (Fsp3) is 0.793. The summed E-state index contributed by atoms with van der Waals surface area (Å²) in [6.07, 6.45) is 6.04. The lowest BCUT2D eigenvalue weighted by molar-refractivity contribution is -0.131. The molecule has 12 nitrogen and oxygen atoms in total. The van der Waals surface area contributed by atoms with Crippen LogP contribution in [-0.2, 0) is 33.6 Å². The van der Waals surface area contributed by atoms with E-state index in [0.29, 0.717) is 96.7 Å². The normalized spacial score (nSPS) is 13.0. The number of hydrogen-bond acceptors (Lipinski definition) is 8. The van der Waals surface area contributed by atoms with E-state index in [9.17, 15) is 28.8 Å². The van der Waals surface area contributed by atoms with Gasteiger partial charge in [-0.15, -0.1) is 0 Å². The molecule has 236 valence electrons. The Morgan fingerprint density at radius 1 is 0.683 bits per heavy atom. The predicted octanol–water partition coefficient (Wildman–Crippen LogP) is 1.84. The minimum Gasteiger partial charge on any atom is -0.356 e. The Kier molecular flexibility index (Phi) is 22.1. The highest BCUT2D eigenvalue weighted by molar-refractivity contribution is 5.88.